The summed E-state index contributed by atoms with van der Waals surface area (Å²) in [6.07, 6.45) is 4.90. The SMILES string of the molecule is CCCCC(CC)CNC(=NC)NCc1cc(OC)c(O)c(OC)c1.I. The Balaban J connectivity index is 0.00000625. The predicted octanol–water partition coefficient (Wildman–Crippen LogP) is 3.91. The van der Waals surface area contributed by atoms with Gasteiger partial charge in [-0.2, -0.15) is 0 Å². The number of nitrogens with one attached hydrogen (secondary N) is 2. The van der Waals surface area contributed by atoms with Crippen molar-refractivity contribution < 1.29 is 14.6 Å². The molecule has 6 nitrogen and oxygen atoms in total. The minimum Gasteiger partial charge on any atom is -0.502 e. The highest BCUT2D eigenvalue weighted by Crippen LogP contribution is 2.36. The zero-order valence-electron chi connectivity index (χ0n) is 16.6. The summed E-state index contributed by atoms with van der Waals surface area (Å²) >= 11 is 0. The van der Waals surface area contributed by atoms with Gasteiger partial charge in [0.15, 0.2) is 17.5 Å². The van der Waals surface area contributed by atoms with Gasteiger partial charge in [0.05, 0.1) is 14.2 Å². The summed E-state index contributed by atoms with van der Waals surface area (Å²) in [6.45, 7) is 5.92. The summed E-state index contributed by atoms with van der Waals surface area (Å²) in [5.74, 6) is 2.22. The molecular weight excluding hydrogens is 445 g/mol. The molecule has 0 bridgehead atoms. The van der Waals surface area contributed by atoms with Gasteiger partial charge in [-0.05, 0) is 30.0 Å². The average Bonchev–Trinajstić information content (AvgIpc) is 2.64. The molecule has 1 unspecified atom stereocenters. The lowest BCUT2D eigenvalue weighted by Gasteiger charge is -2.18. The van der Waals surface area contributed by atoms with E-state index < -0.39 is 0 Å². The number of phenolic OH excluding ortho intramolecular Hbond substituents is 1. The van der Waals surface area contributed by atoms with E-state index in [0.717, 1.165) is 24.5 Å². The largest absolute Gasteiger partial charge is 0.502 e. The highest BCUT2D eigenvalue weighted by atomic mass is 127. The number of guanidine groups is 1. The number of halogens is 1. The lowest BCUT2D eigenvalue weighted by atomic mass is 9.99. The van der Waals surface area contributed by atoms with Crippen molar-refractivity contribution in [3.63, 3.8) is 0 Å². The van der Waals surface area contributed by atoms with Crippen molar-refractivity contribution in [1.82, 2.24) is 10.6 Å². The van der Waals surface area contributed by atoms with Gasteiger partial charge < -0.3 is 25.2 Å². The van der Waals surface area contributed by atoms with E-state index in [4.69, 9.17) is 9.47 Å². The van der Waals surface area contributed by atoms with E-state index in [9.17, 15) is 5.11 Å². The Morgan fingerprint density at radius 2 is 1.77 bits per heavy atom. The molecule has 0 aliphatic heterocycles. The molecule has 1 aromatic carbocycles. The van der Waals surface area contributed by atoms with E-state index >= 15 is 0 Å². The molecule has 0 aliphatic rings. The third-order valence-electron chi connectivity index (χ3n) is 4.32. The number of aliphatic imine (C=N–C) groups is 1. The lowest BCUT2D eigenvalue weighted by Crippen LogP contribution is -2.39. The van der Waals surface area contributed by atoms with Crippen molar-refractivity contribution in [3.05, 3.63) is 17.7 Å². The second-order valence-corrected chi connectivity index (χ2v) is 6.07. The first kappa shape index (κ1) is 24.6. The third-order valence-corrected chi connectivity index (χ3v) is 4.32. The molecule has 7 heteroatoms. The van der Waals surface area contributed by atoms with Crippen LogP contribution in [0.15, 0.2) is 17.1 Å². The number of hydrogen-bond acceptors (Lipinski definition) is 4. The molecular formula is C19H34IN3O3. The van der Waals surface area contributed by atoms with Gasteiger partial charge in [-0.25, -0.2) is 0 Å². The molecule has 0 aromatic heterocycles. The minimum absolute atomic E-state index is 0. The van der Waals surface area contributed by atoms with Crippen LogP contribution in [0.2, 0.25) is 0 Å². The zero-order valence-corrected chi connectivity index (χ0v) is 18.9. The van der Waals surface area contributed by atoms with Gasteiger partial charge in [0.1, 0.15) is 0 Å². The van der Waals surface area contributed by atoms with Crippen LogP contribution in [0.1, 0.15) is 45.1 Å². The summed E-state index contributed by atoms with van der Waals surface area (Å²) in [7, 11) is 4.81. The molecule has 3 N–H and O–H groups in total. The number of nitrogens with zero attached hydrogens (tertiary/aromatic N) is 1. The Kier molecular flexibility index (Phi) is 13.0. The number of unbranched alkanes of at least 4 members (excludes halogenated alkanes) is 1. The van der Waals surface area contributed by atoms with Crippen molar-refractivity contribution in [1.29, 1.82) is 0 Å². The molecule has 26 heavy (non-hydrogen) atoms. The quantitative estimate of drug-likeness (QED) is 0.270. The van der Waals surface area contributed by atoms with Crippen molar-refractivity contribution in [2.45, 2.75) is 46.1 Å². The first-order valence-corrected chi connectivity index (χ1v) is 8.97. The van der Waals surface area contributed by atoms with Crippen LogP contribution in [0.5, 0.6) is 17.2 Å². The van der Waals surface area contributed by atoms with Crippen LogP contribution in [0.3, 0.4) is 0 Å². The lowest BCUT2D eigenvalue weighted by molar-refractivity contribution is 0.339. The summed E-state index contributed by atoms with van der Waals surface area (Å²) in [6, 6.07) is 3.57. The maximum atomic E-state index is 9.97. The van der Waals surface area contributed by atoms with Crippen molar-refractivity contribution in [2.75, 3.05) is 27.8 Å². The molecule has 0 saturated heterocycles. The van der Waals surface area contributed by atoms with Gasteiger partial charge in [0.25, 0.3) is 0 Å². The number of hydrogen-bond donors (Lipinski definition) is 3. The van der Waals surface area contributed by atoms with Crippen LogP contribution >= 0.6 is 24.0 Å². The third kappa shape index (κ3) is 7.88. The van der Waals surface area contributed by atoms with Crippen molar-refractivity contribution >= 4 is 29.9 Å². The van der Waals surface area contributed by atoms with Gasteiger partial charge in [-0.3, -0.25) is 4.99 Å². The Morgan fingerprint density at radius 3 is 2.23 bits per heavy atom. The number of aromatic hydroxyl groups is 1. The van der Waals surface area contributed by atoms with E-state index in [1.165, 1.54) is 33.5 Å². The number of rotatable bonds is 10. The van der Waals surface area contributed by atoms with Crippen LogP contribution < -0.4 is 20.1 Å². The topological polar surface area (TPSA) is 75.1 Å². The number of methoxy groups -OCH3 is 2. The molecule has 150 valence electrons. The summed E-state index contributed by atoms with van der Waals surface area (Å²) < 4.78 is 10.4. The van der Waals surface area contributed by atoms with E-state index in [1.807, 2.05) is 0 Å². The Labute approximate surface area is 174 Å². The molecule has 0 aliphatic carbocycles. The summed E-state index contributed by atoms with van der Waals surface area (Å²) in [5, 5.41) is 16.7. The fourth-order valence-corrected chi connectivity index (χ4v) is 2.64. The second-order valence-electron chi connectivity index (χ2n) is 6.07. The van der Waals surface area contributed by atoms with Crippen molar-refractivity contribution in [3.8, 4) is 17.2 Å². The first-order valence-electron chi connectivity index (χ1n) is 8.97. The predicted molar refractivity (Wildman–Crippen MR) is 118 cm³/mol. The Bertz CT molecular complexity index is 528. The van der Waals surface area contributed by atoms with Gasteiger partial charge in [-0.15, -0.1) is 24.0 Å². The second kappa shape index (κ2) is 13.8. The average molecular weight is 479 g/mol. The van der Waals surface area contributed by atoms with Gasteiger partial charge in [0, 0.05) is 20.1 Å². The zero-order chi connectivity index (χ0) is 18.7. The Hall–Kier alpha value is -1.38. The summed E-state index contributed by atoms with van der Waals surface area (Å²) in [4.78, 5) is 4.27. The van der Waals surface area contributed by atoms with E-state index in [-0.39, 0.29) is 29.7 Å². The number of ether oxygens (including phenoxy) is 2. The monoisotopic (exact) mass is 479 g/mol. The fourth-order valence-electron chi connectivity index (χ4n) is 2.64. The van der Waals surface area contributed by atoms with Crippen molar-refractivity contribution in [2.24, 2.45) is 10.9 Å². The number of phenols is 1. The van der Waals surface area contributed by atoms with Gasteiger partial charge in [0.2, 0.25) is 5.75 Å². The maximum Gasteiger partial charge on any atom is 0.200 e. The van der Waals surface area contributed by atoms with Crippen LogP contribution in [-0.2, 0) is 6.54 Å². The highest BCUT2D eigenvalue weighted by molar-refractivity contribution is 14.0. The van der Waals surface area contributed by atoms with E-state index in [2.05, 4.69) is 29.5 Å². The Morgan fingerprint density at radius 1 is 1.15 bits per heavy atom. The fraction of sp³-hybridized carbons (Fsp3) is 0.632. The number of benzene rings is 1. The molecule has 0 radical (unpaired) electrons. The highest BCUT2D eigenvalue weighted by Gasteiger charge is 2.12. The van der Waals surface area contributed by atoms with Gasteiger partial charge >= 0.3 is 0 Å². The maximum absolute atomic E-state index is 9.97. The molecule has 1 atom stereocenters. The first-order chi connectivity index (χ1) is 12.1. The summed E-state index contributed by atoms with van der Waals surface area (Å²) in [5.41, 5.74) is 0.937. The smallest absolute Gasteiger partial charge is 0.200 e. The molecule has 1 rings (SSSR count). The molecule has 0 fully saturated rings. The molecule has 0 spiro atoms. The van der Waals surface area contributed by atoms with Gasteiger partial charge in [-0.1, -0.05) is 33.1 Å². The van der Waals surface area contributed by atoms with E-state index in [1.54, 1.807) is 19.2 Å². The molecule has 0 saturated carbocycles. The van der Waals surface area contributed by atoms with Crippen LogP contribution in [0.25, 0.3) is 0 Å². The standard InChI is InChI=1S/C19H33N3O3.HI/c1-6-8-9-14(7-2)12-21-19(20-3)22-13-15-10-16(24-4)18(23)17(11-15)25-5;/h10-11,14,23H,6-9,12-13H2,1-5H3,(H2,20,21,22);1H. The molecule has 0 amide bonds. The molecule has 0 heterocycles. The van der Waals surface area contributed by atoms with Crippen LogP contribution in [0.4, 0.5) is 0 Å². The normalized spacial score (nSPS) is 12.1. The van der Waals surface area contributed by atoms with Crippen LogP contribution in [0, 0.1) is 5.92 Å². The molecule has 1 aromatic rings. The van der Waals surface area contributed by atoms with Crippen LogP contribution in [-0.4, -0.2) is 38.9 Å². The van der Waals surface area contributed by atoms with E-state index in [0.29, 0.717) is 24.0 Å². The minimum atomic E-state index is 0.